The van der Waals surface area contributed by atoms with Crippen LogP contribution in [0.2, 0.25) is 0 Å². The minimum Gasteiger partial charge on any atom is -0.444 e. The largest absolute Gasteiger partial charge is 0.444 e. The third-order valence-corrected chi connectivity index (χ3v) is 7.74. The molecule has 0 aliphatic carbocycles. The van der Waals surface area contributed by atoms with E-state index in [-0.39, 0.29) is 45.0 Å². The summed E-state index contributed by atoms with van der Waals surface area (Å²) in [6.45, 7) is 9.11. The Kier molecular flexibility index (Phi) is 17.1. The third-order valence-electron chi connectivity index (χ3n) is 7.74. The van der Waals surface area contributed by atoms with Gasteiger partial charge in [0.15, 0.2) is 5.12 Å². The first-order chi connectivity index (χ1) is 23.1. The summed E-state index contributed by atoms with van der Waals surface area (Å²) in [5.74, 6) is -0.710. The summed E-state index contributed by atoms with van der Waals surface area (Å²) in [6.07, 6.45) is -0.835. The summed E-state index contributed by atoms with van der Waals surface area (Å²) in [6, 6.07) is 9.57. The highest BCUT2D eigenvalue weighted by molar-refractivity contribution is 7.96. The number of carbonyl (C=O) groups is 3. The standard InChI is InChI=1S/C15H19FN2O3.C14H16FN5O3.C2H4OS.2CH4/c1-2-12-10-18(15(19)21-12)11-3-4-14(13(16)9-11)17-5-7-20-8-6-17;15-12-7-10(1-2-13(12)19-3-5-22-6-4-19)20-9-11(8-17-18-16)23-14(20)21;1-2(3)4;;/h3-4,9,12H,2,5-8,10H2,1H3;1-2,7,11H,3-6,8-9H2;1H3,(H,3,4);2*1H4/t12-;11-;;;/m00.../s1. The highest BCUT2D eigenvalue weighted by atomic mass is 32.1. The van der Waals surface area contributed by atoms with Crippen LogP contribution in [0.1, 0.15) is 35.1 Å². The van der Waals surface area contributed by atoms with Crippen LogP contribution in [0.25, 0.3) is 10.4 Å². The Morgan fingerprint density at radius 1 is 0.840 bits per heavy atom. The van der Waals surface area contributed by atoms with E-state index in [9.17, 15) is 23.2 Å². The van der Waals surface area contributed by atoms with Gasteiger partial charge in [0, 0.05) is 38.0 Å². The van der Waals surface area contributed by atoms with Crippen molar-refractivity contribution in [3.05, 3.63) is 58.5 Å². The molecule has 17 heteroatoms. The van der Waals surface area contributed by atoms with Gasteiger partial charge in [-0.15, -0.1) is 12.6 Å². The number of cyclic esters (lactones) is 2. The zero-order valence-corrected chi connectivity index (χ0v) is 27.7. The monoisotopic (exact) mass is 723 g/mol. The molecule has 0 radical (unpaired) electrons. The second-order valence-electron chi connectivity index (χ2n) is 11.0. The third kappa shape index (κ3) is 11.4. The van der Waals surface area contributed by atoms with E-state index in [1.54, 1.807) is 24.3 Å². The molecular weight excluding hydrogens is 676 g/mol. The second-order valence-corrected chi connectivity index (χ2v) is 11.7. The predicted molar refractivity (Wildman–Crippen MR) is 192 cm³/mol. The first-order valence-electron chi connectivity index (χ1n) is 15.5. The number of rotatable bonds is 7. The van der Waals surface area contributed by atoms with Gasteiger partial charge >= 0.3 is 12.2 Å². The number of nitrogens with zero attached hydrogens (tertiary/aromatic N) is 7. The Morgan fingerprint density at radius 3 is 1.60 bits per heavy atom. The van der Waals surface area contributed by atoms with Crippen molar-refractivity contribution >= 4 is 52.7 Å². The number of azide groups is 1. The fraction of sp³-hybridized carbons (Fsp3) is 0.545. The van der Waals surface area contributed by atoms with E-state index < -0.39 is 24.1 Å². The lowest BCUT2D eigenvalue weighted by molar-refractivity contribution is -0.108. The summed E-state index contributed by atoms with van der Waals surface area (Å²) in [4.78, 5) is 42.3. The number of benzene rings is 2. The topological polar surface area (TPSA) is 150 Å². The van der Waals surface area contributed by atoms with E-state index in [0.29, 0.717) is 81.9 Å². The molecule has 6 rings (SSSR count). The van der Waals surface area contributed by atoms with Crippen molar-refractivity contribution in [3.8, 4) is 0 Å². The molecule has 4 aliphatic rings. The number of ether oxygens (including phenoxy) is 4. The molecule has 50 heavy (non-hydrogen) atoms. The minimum absolute atomic E-state index is 0. The van der Waals surface area contributed by atoms with Gasteiger partial charge in [0.2, 0.25) is 0 Å². The van der Waals surface area contributed by atoms with Gasteiger partial charge in [-0.25, -0.2) is 18.4 Å². The van der Waals surface area contributed by atoms with E-state index in [0.717, 1.165) is 6.42 Å². The van der Waals surface area contributed by atoms with E-state index in [1.807, 2.05) is 16.7 Å². The number of carbonyl (C=O) groups excluding carboxylic acids is 3. The fourth-order valence-corrected chi connectivity index (χ4v) is 5.35. The van der Waals surface area contributed by atoms with Crippen LogP contribution in [0.5, 0.6) is 0 Å². The lowest BCUT2D eigenvalue weighted by Crippen LogP contribution is -2.36. The van der Waals surface area contributed by atoms with E-state index >= 15 is 0 Å². The summed E-state index contributed by atoms with van der Waals surface area (Å²) < 4.78 is 49.5. The molecule has 2 amide bonds. The number of hydrogen-bond acceptors (Lipinski definition) is 10. The first-order valence-corrected chi connectivity index (χ1v) is 16.0. The van der Waals surface area contributed by atoms with Crippen LogP contribution < -0.4 is 19.6 Å². The molecule has 4 aliphatic heterocycles. The summed E-state index contributed by atoms with van der Waals surface area (Å²) in [5, 5.41) is 3.25. The number of hydrogen-bond donors (Lipinski definition) is 1. The number of morpholine rings is 2. The Labute approximate surface area is 297 Å². The van der Waals surface area contributed by atoms with Crippen molar-refractivity contribution in [2.24, 2.45) is 5.11 Å². The van der Waals surface area contributed by atoms with Gasteiger partial charge < -0.3 is 28.7 Å². The summed E-state index contributed by atoms with van der Waals surface area (Å²) in [7, 11) is 0. The van der Waals surface area contributed by atoms with Crippen molar-refractivity contribution in [1.82, 2.24) is 0 Å². The van der Waals surface area contributed by atoms with Gasteiger partial charge in [-0.2, -0.15) is 0 Å². The molecule has 4 fully saturated rings. The van der Waals surface area contributed by atoms with E-state index in [2.05, 4.69) is 22.7 Å². The Bertz CT molecular complexity index is 1480. The number of anilines is 4. The van der Waals surface area contributed by atoms with Gasteiger partial charge in [-0.1, -0.05) is 26.9 Å². The number of amides is 2. The Hall–Kier alpha value is -4.31. The van der Waals surface area contributed by atoms with Crippen molar-refractivity contribution in [2.45, 2.75) is 47.3 Å². The molecule has 14 nitrogen and oxygen atoms in total. The SMILES string of the molecule is C.C.CC(=O)S.CC[C@H]1CN(c2ccc(N3CCOCC3)c(F)c2)C(=O)O1.[N-]=[N+]=NC[C@H]1CN(c2ccc(N3CCOCC3)c(F)c2)C(=O)O1. The Balaban J connectivity index is 0.000000303. The Morgan fingerprint density at radius 2 is 1.24 bits per heavy atom. The minimum atomic E-state index is -0.568. The average Bonchev–Trinajstić information content (AvgIpc) is 3.65. The average molecular weight is 724 g/mol. The van der Waals surface area contributed by atoms with Crippen LogP contribution in [0.4, 0.5) is 41.1 Å². The molecule has 4 heterocycles. The lowest BCUT2D eigenvalue weighted by Gasteiger charge is -2.29. The predicted octanol–water partition coefficient (Wildman–Crippen LogP) is 6.43. The van der Waals surface area contributed by atoms with Gasteiger partial charge in [0.25, 0.3) is 0 Å². The maximum absolute atomic E-state index is 14.4. The lowest BCUT2D eigenvalue weighted by atomic mass is 10.2. The van der Waals surface area contributed by atoms with Crippen molar-refractivity contribution < 1.29 is 42.1 Å². The number of halogens is 2. The van der Waals surface area contributed by atoms with Crippen molar-refractivity contribution in [1.29, 1.82) is 0 Å². The molecule has 4 saturated heterocycles. The summed E-state index contributed by atoms with van der Waals surface area (Å²) in [5.41, 5.74) is 10.3. The molecule has 0 unspecified atom stereocenters. The van der Waals surface area contributed by atoms with Crippen LogP contribution in [-0.4, -0.2) is 102 Å². The molecule has 0 N–H and O–H groups in total. The molecule has 0 bridgehead atoms. The smallest absolute Gasteiger partial charge is 0.414 e. The van der Waals surface area contributed by atoms with Gasteiger partial charge in [-0.3, -0.25) is 14.6 Å². The van der Waals surface area contributed by atoms with Crippen LogP contribution >= 0.6 is 12.6 Å². The van der Waals surface area contributed by atoms with Gasteiger partial charge in [-0.05, 0) is 48.4 Å². The molecule has 2 aromatic carbocycles. The van der Waals surface area contributed by atoms with Gasteiger partial charge in [0.05, 0.1) is 68.8 Å². The maximum Gasteiger partial charge on any atom is 0.414 e. The van der Waals surface area contributed by atoms with Crippen LogP contribution in [0, 0.1) is 11.6 Å². The number of thiol groups is 1. The zero-order chi connectivity index (χ0) is 34.6. The first kappa shape index (κ1) is 41.9. The van der Waals surface area contributed by atoms with E-state index in [1.165, 1.54) is 28.9 Å². The molecule has 0 spiro atoms. The van der Waals surface area contributed by atoms with E-state index in [4.69, 9.17) is 24.5 Å². The zero-order valence-electron chi connectivity index (χ0n) is 26.8. The molecule has 2 aromatic rings. The molecular formula is C33H47F2N7O7S. The molecule has 276 valence electrons. The van der Waals surface area contributed by atoms with Gasteiger partial charge in [0.1, 0.15) is 23.8 Å². The molecule has 0 saturated carbocycles. The highest BCUT2D eigenvalue weighted by Gasteiger charge is 2.33. The fourth-order valence-electron chi connectivity index (χ4n) is 5.35. The van der Waals surface area contributed by atoms with Crippen molar-refractivity contribution in [2.75, 3.05) is 91.8 Å². The normalized spacial score (nSPS) is 19.7. The molecule has 2 atom stereocenters. The van der Waals surface area contributed by atoms with Crippen LogP contribution in [0.3, 0.4) is 0 Å². The second kappa shape index (κ2) is 20.4. The quantitative estimate of drug-likeness (QED) is 0.148. The van der Waals surface area contributed by atoms with Crippen LogP contribution in [-0.2, 0) is 23.7 Å². The van der Waals surface area contributed by atoms with Crippen molar-refractivity contribution in [3.63, 3.8) is 0 Å². The highest BCUT2D eigenvalue weighted by Crippen LogP contribution is 2.30. The maximum atomic E-state index is 14.4. The summed E-state index contributed by atoms with van der Waals surface area (Å²) >= 11 is 3.33. The van der Waals surface area contributed by atoms with Crippen LogP contribution in [0.15, 0.2) is 41.5 Å². The molecule has 0 aromatic heterocycles.